The van der Waals surface area contributed by atoms with Crippen LogP contribution < -0.4 is 0 Å². The lowest BCUT2D eigenvalue weighted by molar-refractivity contribution is 0.660. The van der Waals surface area contributed by atoms with Gasteiger partial charge < -0.3 is 4.42 Å². The van der Waals surface area contributed by atoms with Gasteiger partial charge in [-0.3, -0.25) is 0 Å². The fourth-order valence-corrected chi connectivity index (χ4v) is 5.70. The lowest BCUT2D eigenvalue weighted by Gasteiger charge is -2.21. The van der Waals surface area contributed by atoms with Crippen molar-refractivity contribution in [2.24, 2.45) is 0 Å². The molecule has 0 spiro atoms. The van der Waals surface area contributed by atoms with E-state index in [1.54, 1.807) is 0 Å². The van der Waals surface area contributed by atoms with Crippen LogP contribution in [0.1, 0.15) is 25.0 Å². The maximum atomic E-state index is 6.47. The topological polar surface area (TPSA) is 38.9 Å². The van der Waals surface area contributed by atoms with Gasteiger partial charge in [0.25, 0.3) is 0 Å². The van der Waals surface area contributed by atoms with Crippen LogP contribution in [0, 0.1) is 0 Å². The number of fused-ring (bicyclic) bond motifs is 6. The van der Waals surface area contributed by atoms with Crippen molar-refractivity contribution in [2.45, 2.75) is 19.3 Å². The smallest absolute Gasteiger partial charge is 0.223 e. The fourth-order valence-electron chi connectivity index (χ4n) is 5.52. The van der Waals surface area contributed by atoms with E-state index in [4.69, 9.17) is 16.0 Å². The second-order valence-corrected chi connectivity index (χ2v) is 9.96. The predicted octanol–water partition coefficient (Wildman–Crippen LogP) is 8.67. The molecular weight excluding hydrogens is 452 g/mol. The number of hydrogen-bond donors (Lipinski definition) is 0. The first-order valence-corrected chi connectivity index (χ1v) is 12.1. The van der Waals surface area contributed by atoms with Gasteiger partial charge >= 0.3 is 0 Å². The van der Waals surface area contributed by atoms with E-state index in [1.807, 2.05) is 36.4 Å². The molecule has 3 nitrogen and oxygen atoms in total. The molecule has 2 heterocycles. The Morgan fingerprint density at radius 2 is 1.37 bits per heavy atom. The van der Waals surface area contributed by atoms with Crippen molar-refractivity contribution in [1.82, 2.24) is 9.97 Å². The Hall–Kier alpha value is -3.95. The molecule has 1 aliphatic carbocycles. The van der Waals surface area contributed by atoms with Gasteiger partial charge in [0.05, 0.1) is 11.4 Å². The molecule has 168 valence electrons. The van der Waals surface area contributed by atoms with E-state index in [0.29, 0.717) is 0 Å². The highest BCUT2D eigenvalue weighted by molar-refractivity contribution is 6.28. The van der Waals surface area contributed by atoms with Crippen LogP contribution >= 0.6 is 11.6 Å². The Balaban J connectivity index is 1.40. The molecule has 0 fully saturated rings. The summed E-state index contributed by atoms with van der Waals surface area (Å²) in [6.45, 7) is 4.56. The monoisotopic (exact) mass is 472 g/mol. The average Bonchev–Trinajstić information content (AvgIpc) is 3.36. The van der Waals surface area contributed by atoms with Gasteiger partial charge in [0.15, 0.2) is 0 Å². The SMILES string of the molecule is CC1(C)c2ccccc2-c2ccc(-c3cc(-c4cccc5c4oc4ccccc45)nc(Cl)n3)cc21. The number of nitrogens with zero attached hydrogens (tertiary/aromatic N) is 2. The van der Waals surface area contributed by atoms with E-state index in [-0.39, 0.29) is 10.7 Å². The third kappa shape index (κ3) is 2.98. The lowest BCUT2D eigenvalue weighted by atomic mass is 9.82. The van der Waals surface area contributed by atoms with Crippen molar-refractivity contribution in [3.05, 3.63) is 107 Å². The van der Waals surface area contributed by atoms with Gasteiger partial charge in [-0.05, 0) is 58.1 Å². The van der Waals surface area contributed by atoms with Crippen LogP contribution in [0.15, 0.2) is 95.4 Å². The molecule has 0 N–H and O–H groups in total. The molecule has 0 aliphatic heterocycles. The quantitative estimate of drug-likeness (QED) is 0.236. The maximum absolute atomic E-state index is 6.47. The highest BCUT2D eigenvalue weighted by Gasteiger charge is 2.35. The van der Waals surface area contributed by atoms with Gasteiger partial charge in [-0.15, -0.1) is 0 Å². The molecule has 1 aliphatic rings. The van der Waals surface area contributed by atoms with Gasteiger partial charge in [0, 0.05) is 27.3 Å². The molecule has 0 atom stereocenters. The van der Waals surface area contributed by atoms with E-state index < -0.39 is 0 Å². The standard InChI is InChI=1S/C31H21ClN2O/c1-31(2)24-12-5-3-8-19(24)20-15-14-18(16-25(20)31)26-17-27(34-30(32)33-26)23-11-7-10-22-21-9-4-6-13-28(21)35-29(22)23/h3-17H,1-2H3. The molecule has 4 aromatic carbocycles. The zero-order chi connectivity index (χ0) is 23.7. The van der Waals surface area contributed by atoms with Gasteiger partial charge in [-0.1, -0.05) is 80.6 Å². The Kier molecular flexibility index (Phi) is 4.24. The first kappa shape index (κ1) is 20.4. The molecule has 4 heteroatoms. The van der Waals surface area contributed by atoms with Crippen LogP contribution in [-0.2, 0) is 5.41 Å². The zero-order valence-corrected chi connectivity index (χ0v) is 20.1. The van der Waals surface area contributed by atoms with Crippen molar-refractivity contribution in [2.75, 3.05) is 0 Å². The number of furan rings is 1. The van der Waals surface area contributed by atoms with Gasteiger partial charge in [0.2, 0.25) is 5.28 Å². The summed E-state index contributed by atoms with van der Waals surface area (Å²) in [4.78, 5) is 9.18. The largest absolute Gasteiger partial charge is 0.455 e. The molecule has 0 radical (unpaired) electrons. The van der Waals surface area contributed by atoms with E-state index in [0.717, 1.165) is 44.5 Å². The Labute approximate surface area is 208 Å². The van der Waals surface area contributed by atoms with Crippen molar-refractivity contribution in [1.29, 1.82) is 0 Å². The summed E-state index contributed by atoms with van der Waals surface area (Å²) < 4.78 is 6.24. The molecule has 35 heavy (non-hydrogen) atoms. The molecular formula is C31H21ClN2O. The normalized spacial score (nSPS) is 13.8. The summed E-state index contributed by atoms with van der Waals surface area (Å²) in [5.74, 6) is 0. The molecule has 0 saturated heterocycles. The minimum Gasteiger partial charge on any atom is -0.455 e. The molecule has 6 aromatic rings. The first-order valence-electron chi connectivity index (χ1n) is 11.7. The highest BCUT2D eigenvalue weighted by atomic mass is 35.5. The number of benzene rings is 4. The first-order chi connectivity index (χ1) is 17.0. The predicted molar refractivity (Wildman–Crippen MR) is 143 cm³/mol. The molecule has 0 saturated carbocycles. The van der Waals surface area contributed by atoms with Crippen LogP contribution in [0.3, 0.4) is 0 Å². The third-order valence-corrected chi connectivity index (χ3v) is 7.43. The van der Waals surface area contributed by atoms with Crippen LogP contribution in [-0.4, -0.2) is 9.97 Å². The summed E-state index contributed by atoms with van der Waals surface area (Å²) in [7, 11) is 0. The minimum atomic E-state index is -0.0819. The van der Waals surface area contributed by atoms with Crippen molar-refractivity contribution in [3.8, 4) is 33.6 Å². The van der Waals surface area contributed by atoms with Crippen LogP contribution in [0.2, 0.25) is 5.28 Å². The van der Waals surface area contributed by atoms with Gasteiger partial charge in [0.1, 0.15) is 11.2 Å². The summed E-state index contributed by atoms with van der Waals surface area (Å²) >= 11 is 6.47. The Bertz CT molecular complexity index is 1800. The Morgan fingerprint density at radius 1 is 0.657 bits per heavy atom. The number of para-hydroxylation sites is 2. The van der Waals surface area contributed by atoms with E-state index >= 15 is 0 Å². The number of hydrogen-bond acceptors (Lipinski definition) is 3. The third-order valence-electron chi connectivity index (χ3n) is 7.26. The van der Waals surface area contributed by atoms with Crippen molar-refractivity contribution in [3.63, 3.8) is 0 Å². The molecule has 0 amide bonds. The second kappa shape index (κ2) is 7.27. The number of halogens is 1. The molecule has 0 bridgehead atoms. The zero-order valence-electron chi connectivity index (χ0n) is 19.3. The minimum absolute atomic E-state index is 0.0819. The van der Waals surface area contributed by atoms with Crippen LogP contribution in [0.5, 0.6) is 0 Å². The maximum Gasteiger partial charge on any atom is 0.223 e. The van der Waals surface area contributed by atoms with E-state index in [2.05, 4.69) is 78.4 Å². The van der Waals surface area contributed by atoms with E-state index in [1.165, 1.54) is 22.3 Å². The second-order valence-electron chi connectivity index (χ2n) is 9.62. The summed E-state index contributed by atoms with van der Waals surface area (Å²) in [5, 5.41) is 2.37. The summed E-state index contributed by atoms with van der Waals surface area (Å²) in [6, 6.07) is 31.4. The van der Waals surface area contributed by atoms with Crippen LogP contribution in [0.25, 0.3) is 55.6 Å². The fraction of sp³-hybridized carbons (Fsp3) is 0.0968. The van der Waals surface area contributed by atoms with E-state index in [9.17, 15) is 0 Å². The van der Waals surface area contributed by atoms with Gasteiger partial charge in [-0.25, -0.2) is 9.97 Å². The molecule has 2 aromatic heterocycles. The summed E-state index contributed by atoms with van der Waals surface area (Å²) in [6.07, 6.45) is 0. The van der Waals surface area contributed by atoms with Crippen molar-refractivity contribution >= 4 is 33.5 Å². The highest BCUT2D eigenvalue weighted by Crippen LogP contribution is 2.49. The van der Waals surface area contributed by atoms with Crippen molar-refractivity contribution < 1.29 is 4.42 Å². The number of aromatic nitrogens is 2. The van der Waals surface area contributed by atoms with Crippen LogP contribution in [0.4, 0.5) is 0 Å². The molecule has 0 unspecified atom stereocenters. The number of rotatable bonds is 2. The lowest BCUT2D eigenvalue weighted by Crippen LogP contribution is -2.14. The average molecular weight is 473 g/mol. The summed E-state index contributed by atoms with van der Waals surface area (Å²) in [5.41, 5.74) is 10.3. The van der Waals surface area contributed by atoms with Gasteiger partial charge in [-0.2, -0.15) is 0 Å². The molecule has 7 rings (SSSR count). The Morgan fingerprint density at radius 3 is 2.29 bits per heavy atom.